The van der Waals surface area contributed by atoms with Crippen LogP contribution >= 0.6 is 0 Å². The molecule has 0 fully saturated rings. The van der Waals surface area contributed by atoms with Gasteiger partial charge in [-0.15, -0.1) is 0 Å². The van der Waals surface area contributed by atoms with E-state index < -0.39 is 0 Å². The number of carbonyl (C=O) groups excluding carboxylic acids is 1. The van der Waals surface area contributed by atoms with Crippen LogP contribution in [0.4, 0.5) is 0 Å². The Bertz CT molecular complexity index is 869. The number of carbonyl (C=O) groups is 1. The summed E-state index contributed by atoms with van der Waals surface area (Å²) in [6, 6.07) is 15.7. The van der Waals surface area contributed by atoms with Crippen LogP contribution in [0.3, 0.4) is 0 Å². The fourth-order valence-corrected chi connectivity index (χ4v) is 3.36. The molecule has 4 rings (SSSR count). The summed E-state index contributed by atoms with van der Waals surface area (Å²) in [4.78, 5) is 14.9. The number of rotatable bonds is 4. The van der Waals surface area contributed by atoms with Crippen LogP contribution in [0.15, 0.2) is 59.3 Å². The van der Waals surface area contributed by atoms with Crippen molar-refractivity contribution in [2.75, 3.05) is 13.7 Å². The Hall–Kier alpha value is -2.86. The number of benzene rings is 1. The average Bonchev–Trinajstić information content (AvgIpc) is 3.30. The standard InChI is InChI=1S/C19H19N3O3/c1-24-13-15-12-16(20-25-15)19(23)22-11-10-21-9-5-8-17(21)18(22)14-6-3-2-4-7-14/h2-9,12,18H,10-11,13H2,1H3/t18-/m1/s1. The Labute approximate surface area is 145 Å². The largest absolute Gasteiger partial charge is 0.377 e. The first-order chi connectivity index (χ1) is 12.3. The Kier molecular flexibility index (Phi) is 4.11. The Morgan fingerprint density at radius 3 is 2.88 bits per heavy atom. The van der Waals surface area contributed by atoms with E-state index in [1.807, 2.05) is 41.3 Å². The van der Waals surface area contributed by atoms with E-state index in [1.54, 1.807) is 13.2 Å². The molecular formula is C19H19N3O3. The summed E-state index contributed by atoms with van der Waals surface area (Å²) in [7, 11) is 1.58. The zero-order valence-electron chi connectivity index (χ0n) is 14.0. The normalized spacial score (nSPS) is 16.7. The number of ether oxygens (including phenoxy) is 1. The zero-order valence-corrected chi connectivity index (χ0v) is 14.0. The topological polar surface area (TPSA) is 60.5 Å². The van der Waals surface area contributed by atoms with Crippen LogP contribution < -0.4 is 0 Å². The van der Waals surface area contributed by atoms with Crippen molar-refractivity contribution in [2.24, 2.45) is 0 Å². The van der Waals surface area contributed by atoms with Gasteiger partial charge in [0, 0.05) is 38.2 Å². The number of hydrogen-bond acceptors (Lipinski definition) is 4. The molecule has 2 aromatic heterocycles. The third kappa shape index (κ3) is 2.85. The maximum atomic E-state index is 13.1. The van der Waals surface area contributed by atoms with Gasteiger partial charge in [-0.3, -0.25) is 4.79 Å². The van der Waals surface area contributed by atoms with Gasteiger partial charge in [-0.05, 0) is 17.7 Å². The lowest BCUT2D eigenvalue weighted by Gasteiger charge is -2.36. The molecule has 3 heterocycles. The summed E-state index contributed by atoms with van der Waals surface area (Å²) in [5, 5.41) is 3.93. The van der Waals surface area contributed by atoms with Crippen molar-refractivity contribution in [3.63, 3.8) is 0 Å². The maximum absolute atomic E-state index is 13.1. The molecule has 6 heteroatoms. The van der Waals surface area contributed by atoms with E-state index in [1.165, 1.54) is 0 Å². The molecule has 0 spiro atoms. The van der Waals surface area contributed by atoms with Gasteiger partial charge in [-0.1, -0.05) is 35.5 Å². The van der Waals surface area contributed by atoms with Gasteiger partial charge in [-0.25, -0.2) is 0 Å². The van der Waals surface area contributed by atoms with E-state index in [4.69, 9.17) is 9.26 Å². The van der Waals surface area contributed by atoms with E-state index in [-0.39, 0.29) is 11.9 Å². The van der Waals surface area contributed by atoms with Gasteiger partial charge >= 0.3 is 0 Å². The molecule has 1 atom stereocenters. The highest BCUT2D eigenvalue weighted by atomic mass is 16.5. The minimum atomic E-state index is -0.139. The summed E-state index contributed by atoms with van der Waals surface area (Å²) in [5.74, 6) is 0.412. The van der Waals surface area contributed by atoms with Crippen molar-refractivity contribution in [3.05, 3.63) is 77.4 Å². The van der Waals surface area contributed by atoms with Crippen molar-refractivity contribution < 1.29 is 14.1 Å². The summed E-state index contributed by atoms with van der Waals surface area (Å²) in [6.45, 7) is 1.68. The summed E-state index contributed by atoms with van der Waals surface area (Å²) >= 11 is 0. The van der Waals surface area contributed by atoms with Gasteiger partial charge in [0.05, 0.1) is 6.04 Å². The molecule has 0 saturated heterocycles. The molecule has 6 nitrogen and oxygen atoms in total. The zero-order chi connectivity index (χ0) is 17.2. The Morgan fingerprint density at radius 1 is 1.24 bits per heavy atom. The van der Waals surface area contributed by atoms with E-state index in [9.17, 15) is 4.79 Å². The minimum Gasteiger partial charge on any atom is -0.377 e. The minimum absolute atomic E-state index is 0.132. The van der Waals surface area contributed by atoms with Crippen LogP contribution in [-0.2, 0) is 17.9 Å². The Balaban J connectivity index is 1.70. The van der Waals surface area contributed by atoms with E-state index in [2.05, 4.69) is 22.0 Å². The van der Waals surface area contributed by atoms with Crippen molar-refractivity contribution in [3.8, 4) is 0 Å². The van der Waals surface area contributed by atoms with Gasteiger partial charge in [-0.2, -0.15) is 0 Å². The second-order valence-electron chi connectivity index (χ2n) is 6.05. The van der Waals surface area contributed by atoms with Crippen LogP contribution in [0.25, 0.3) is 0 Å². The van der Waals surface area contributed by atoms with Crippen molar-refractivity contribution in [1.82, 2.24) is 14.6 Å². The predicted octanol–water partition coefficient (Wildman–Crippen LogP) is 2.87. The van der Waals surface area contributed by atoms with Gasteiger partial charge < -0.3 is 18.7 Å². The second-order valence-corrected chi connectivity index (χ2v) is 6.05. The van der Waals surface area contributed by atoms with E-state index in [0.717, 1.165) is 17.8 Å². The maximum Gasteiger partial charge on any atom is 0.276 e. The lowest BCUT2D eigenvalue weighted by molar-refractivity contribution is 0.0653. The van der Waals surface area contributed by atoms with Crippen LogP contribution in [0.5, 0.6) is 0 Å². The van der Waals surface area contributed by atoms with Crippen LogP contribution in [-0.4, -0.2) is 34.2 Å². The molecule has 0 N–H and O–H groups in total. The van der Waals surface area contributed by atoms with E-state index in [0.29, 0.717) is 24.6 Å². The molecule has 128 valence electrons. The molecule has 25 heavy (non-hydrogen) atoms. The summed E-state index contributed by atoms with van der Waals surface area (Å²) in [5.41, 5.74) is 2.50. The third-order valence-corrected chi connectivity index (χ3v) is 4.48. The average molecular weight is 337 g/mol. The first-order valence-electron chi connectivity index (χ1n) is 8.23. The predicted molar refractivity (Wildman–Crippen MR) is 91.0 cm³/mol. The highest BCUT2D eigenvalue weighted by Crippen LogP contribution is 2.33. The highest BCUT2D eigenvalue weighted by molar-refractivity contribution is 5.93. The molecular weight excluding hydrogens is 318 g/mol. The van der Waals surface area contributed by atoms with Gasteiger partial charge in [0.1, 0.15) is 6.61 Å². The summed E-state index contributed by atoms with van der Waals surface area (Å²) < 4.78 is 12.4. The van der Waals surface area contributed by atoms with Crippen molar-refractivity contribution in [2.45, 2.75) is 19.2 Å². The summed E-state index contributed by atoms with van der Waals surface area (Å²) in [6.07, 6.45) is 2.06. The SMILES string of the molecule is COCc1cc(C(=O)N2CCn3cccc3[C@H]2c2ccccc2)no1. The number of hydrogen-bond donors (Lipinski definition) is 0. The number of amides is 1. The second kappa shape index (κ2) is 6.57. The number of aromatic nitrogens is 2. The molecule has 1 aliphatic heterocycles. The lowest BCUT2D eigenvalue weighted by Crippen LogP contribution is -2.42. The third-order valence-electron chi connectivity index (χ3n) is 4.48. The molecule has 0 aliphatic carbocycles. The van der Waals surface area contributed by atoms with Gasteiger partial charge in [0.2, 0.25) is 0 Å². The quantitative estimate of drug-likeness (QED) is 0.734. The van der Waals surface area contributed by atoms with Crippen LogP contribution in [0.1, 0.15) is 33.5 Å². The monoisotopic (exact) mass is 337 g/mol. The smallest absolute Gasteiger partial charge is 0.276 e. The van der Waals surface area contributed by atoms with Gasteiger partial charge in [0.15, 0.2) is 11.5 Å². The van der Waals surface area contributed by atoms with Crippen LogP contribution in [0.2, 0.25) is 0 Å². The number of methoxy groups -OCH3 is 1. The molecule has 0 unspecified atom stereocenters. The Morgan fingerprint density at radius 2 is 2.08 bits per heavy atom. The first kappa shape index (κ1) is 15.7. The molecule has 0 radical (unpaired) electrons. The fourth-order valence-electron chi connectivity index (χ4n) is 3.36. The molecule has 1 aromatic carbocycles. The molecule has 1 amide bonds. The van der Waals surface area contributed by atoms with E-state index >= 15 is 0 Å². The highest BCUT2D eigenvalue weighted by Gasteiger charge is 2.33. The van der Waals surface area contributed by atoms with Crippen LogP contribution in [0, 0.1) is 0 Å². The lowest BCUT2D eigenvalue weighted by atomic mass is 9.99. The number of nitrogens with zero attached hydrogens (tertiary/aromatic N) is 3. The molecule has 0 saturated carbocycles. The molecule has 1 aliphatic rings. The van der Waals surface area contributed by atoms with Crippen molar-refractivity contribution >= 4 is 5.91 Å². The number of fused-ring (bicyclic) bond motifs is 1. The van der Waals surface area contributed by atoms with Gasteiger partial charge in [0.25, 0.3) is 5.91 Å². The molecule has 0 bridgehead atoms. The first-order valence-corrected chi connectivity index (χ1v) is 8.23. The van der Waals surface area contributed by atoms with Crippen molar-refractivity contribution in [1.29, 1.82) is 0 Å². The fraction of sp³-hybridized carbons (Fsp3) is 0.263. The molecule has 3 aromatic rings.